The summed E-state index contributed by atoms with van der Waals surface area (Å²) in [5.41, 5.74) is 8.25. The Morgan fingerprint density at radius 3 is 0.727 bits per heavy atom. The van der Waals surface area contributed by atoms with Gasteiger partial charge in [-0.2, -0.15) is 0 Å². The van der Waals surface area contributed by atoms with Crippen molar-refractivity contribution in [1.29, 1.82) is 0 Å². The van der Waals surface area contributed by atoms with Gasteiger partial charge in [-0.15, -0.1) is 0 Å². The van der Waals surface area contributed by atoms with Crippen molar-refractivity contribution in [2.24, 2.45) is 0 Å². The third-order valence-corrected chi connectivity index (χ3v) is 4.87. The molecule has 4 aromatic carbocycles. The van der Waals surface area contributed by atoms with Gasteiger partial charge in [0.05, 0.1) is 0 Å². The molecule has 33 heavy (non-hydrogen) atoms. The van der Waals surface area contributed by atoms with Gasteiger partial charge < -0.3 is 0 Å². The van der Waals surface area contributed by atoms with E-state index in [1.165, 1.54) is 33.4 Å². The minimum atomic E-state index is 0.977. The number of benzene rings is 4. The molecule has 0 radical (unpaired) electrons. The van der Waals surface area contributed by atoms with E-state index in [1.807, 2.05) is 41.5 Å². The fourth-order valence-corrected chi connectivity index (χ4v) is 3.64. The minimum Gasteiger partial charge on any atom is -0.0683 e. The Bertz CT molecular complexity index is 826. The quantitative estimate of drug-likeness (QED) is 0.281. The zero-order valence-electron chi connectivity index (χ0n) is 21.5. The molecule has 0 amide bonds. The van der Waals surface area contributed by atoms with E-state index in [9.17, 15) is 0 Å². The maximum Gasteiger partial charge on any atom is -0.00256 e. The SMILES string of the molecule is CC.CC.CC.c1ccc(Cc2cc(Cc3ccccc3)cc(Cc3ccccc3)c2)cc1. The summed E-state index contributed by atoms with van der Waals surface area (Å²) in [5.74, 6) is 0. The fourth-order valence-electron chi connectivity index (χ4n) is 3.64. The Labute approximate surface area is 203 Å². The minimum absolute atomic E-state index is 0.977. The second-order valence-electron chi connectivity index (χ2n) is 7.14. The van der Waals surface area contributed by atoms with E-state index in [-0.39, 0.29) is 0 Å². The summed E-state index contributed by atoms with van der Waals surface area (Å²) in [6.07, 6.45) is 2.93. The molecular weight excluding hydrogens is 396 g/mol. The van der Waals surface area contributed by atoms with E-state index in [2.05, 4.69) is 109 Å². The normalized spacial score (nSPS) is 9.27. The standard InChI is InChI=1S/C27H24.3C2H6/c1-4-10-22(11-5-1)16-25-19-26(17-23-12-6-2-7-13-23)21-27(20-25)18-24-14-8-3-9-15-24;3*1-2/h1-15,19-21H,16-18H2;3*1-2H3. The summed E-state index contributed by atoms with van der Waals surface area (Å²) in [5, 5.41) is 0. The van der Waals surface area contributed by atoms with Gasteiger partial charge in [0, 0.05) is 0 Å². The monoisotopic (exact) mass is 438 g/mol. The number of rotatable bonds is 6. The lowest BCUT2D eigenvalue weighted by atomic mass is 9.94. The molecule has 174 valence electrons. The van der Waals surface area contributed by atoms with Gasteiger partial charge >= 0.3 is 0 Å². The Morgan fingerprint density at radius 1 is 0.303 bits per heavy atom. The van der Waals surface area contributed by atoms with Crippen molar-refractivity contribution in [3.63, 3.8) is 0 Å². The molecule has 0 heteroatoms. The maximum absolute atomic E-state index is 2.37. The fraction of sp³-hybridized carbons (Fsp3) is 0.273. The van der Waals surface area contributed by atoms with Gasteiger partial charge in [-0.3, -0.25) is 0 Å². The molecule has 0 N–H and O–H groups in total. The first-order valence-electron chi connectivity index (χ1n) is 12.6. The van der Waals surface area contributed by atoms with Crippen molar-refractivity contribution in [3.05, 3.63) is 143 Å². The molecule has 0 saturated carbocycles. The van der Waals surface area contributed by atoms with Crippen LogP contribution in [-0.4, -0.2) is 0 Å². The van der Waals surface area contributed by atoms with Crippen molar-refractivity contribution in [1.82, 2.24) is 0 Å². The summed E-state index contributed by atoms with van der Waals surface area (Å²) in [4.78, 5) is 0. The molecule has 0 fully saturated rings. The lowest BCUT2D eigenvalue weighted by Gasteiger charge is -2.11. The molecule has 0 aromatic heterocycles. The Hall–Kier alpha value is -3.12. The van der Waals surface area contributed by atoms with E-state index < -0.39 is 0 Å². The van der Waals surface area contributed by atoms with Crippen LogP contribution in [0.4, 0.5) is 0 Å². The second kappa shape index (κ2) is 17.4. The lowest BCUT2D eigenvalue weighted by Crippen LogP contribution is -1.97. The molecule has 0 aliphatic carbocycles. The van der Waals surface area contributed by atoms with Crippen molar-refractivity contribution in [2.45, 2.75) is 60.8 Å². The topological polar surface area (TPSA) is 0 Å². The van der Waals surface area contributed by atoms with Gasteiger partial charge in [-0.05, 0) is 52.6 Å². The molecule has 4 rings (SSSR count). The predicted molar refractivity (Wildman–Crippen MR) is 148 cm³/mol. The van der Waals surface area contributed by atoms with Crippen LogP contribution in [0.15, 0.2) is 109 Å². The van der Waals surface area contributed by atoms with Gasteiger partial charge in [-0.25, -0.2) is 0 Å². The Kier molecular flexibility index (Phi) is 14.7. The summed E-state index contributed by atoms with van der Waals surface area (Å²) in [6.45, 7) is 12.0. The zero-order chi connectivity index (χ0) is 24.3. The van der Waals surface area contributed by atoms with E-state index in [4.69, 9.17) is 0 Å². The molecule has 0 aliphatic rings. The molecule has 0 nitrogen and oxygen atoms in total. The molecular formula is C33H42. The van der Waals surface area contributed by atoms with Crippen LogP contribution in [-0.2, 0) is 19.3 Å². The van der Waals surface area contributed by atoms with Crippen LogP contribution in [0.5, 0.6) is 0 Å². The summed E-state index contributed by atoms with van der Waals surface area (Å²) in [6, 6.07) is 39.3. The largest absolute Gasteiger partial charge is 0.0683 e. The van der Waals surface area contributed by atoms with Gasteiger partial charge in [-0.1, -0.05) is 151 Å². The van der Waals surface area contributed by atoms with Crippen molar-refractivity contribution in [3.8, 4) is 0 Å². The van der Waals surface area contributed by atoms with Gasteiger partial charge in [0.15, 0.2) is 0 Å². The van der Waals surface area contributed by atoms with Crippen LogP contribution in [0.1, 0.15) is 74.9 Å². The van der Waals surface area contributed by atoms with Crippen LogP contribution < -0.4 is 0 Å². The van der Waals surface area contributed by atoms with Crippen molar-refractivity contribution >= 4 is 0 Å². The molecule has 0 saturated heterocycles. The third kappa shape index (κ3) is 10.4. The van der Waals surface area contributed by atoms with Crippen LogP contribution >= 0.6 is 0 Å². The Balaban J connectivity index is 0.000000841. The highest BCUT2D eigenvalue weighted by atomic mass is 14.1. The first-order chi connectivity index (χ1) is 16.3. The van der Waals surface area contributed by atoms with E-state index in [0.717, 1.165) is 19.3 Å². The highest BCUT2D eigenvalue weighted by Gasteiger charge is 2.05. The summed E-state index contributed by atoms with van der Waals surface area (Å²) in [7, 11) is 0. The van der Waals surface area contributed by atoms with Crippen LogP contribution in [0.2, 0.25) is 0 Å². The first-order valence-corrected chi connectivity index (χ1v) is 12.6. The van der Waals surface area contributed by atoms with Gasteiger partial charge in [0.25, 0.3) is 0 Å². The van der Waals surface area contributed by atoms with Gasteiger partial charge in [0.2, 0.25) is 0 Å². The maximum atomic E-state index is 2.37. The van der Waals surface area contributed by atoms with Gasteiger partial charge in [0.1, 0.15) is 0 Å². The summed E-state index contributed by atoms with van der Waals surface area (Å²) < 4.78 is 0. The number of hydrogen-bond donors (Lipinski definition) is 0. The van der Waals surface area contributed by atoms with Crippen molar-refractivity contribution in [2.75, 3.05) is 0 Å². The summed E-state index contributed by atoms with van der Waals surface area (Å²) >= 11 is 0. The smallest absolute Gasteiger partial charge is 0.00256 e. The average Bonchev–Trinajstić information content (AvgIpc) is 2.89. The molecule has 0 bridgehead atoms. The highest BCUT2D eigenvalue weighted by molar-refractivity contribution is 5.38. The predicted octanol–water partition coefficient (Wildman–Crippen LogP) is 9.54. The molecule has 0 spiro atoms. The molecule has 0 aliphatic heterocycles. The molecule has 0 heterocycles. The van der Waals surface area contributed by atoms with Crippen LogP contribution in [0.25, 0.3) is 0 Å². The highest BCUT2D eigenvalue weighted by Crippen LogP contribution is 2.20. The second-order valence-corrected chi connectivity index (χ2v) is 7.14. The lowest BCUT2D eigenvalue weighted by molar-refractivity contribution is 1.09. The van der Waals surface area contributed by atoms with E-state index in [0.29, 0.717) is 0 Å². The molecule has 4 aromatic rings. The van der Waals surface area contributed by atoms with Crippen LogP contribution in [0.3, 0.4) is 0 Å². The van der Waals surface area contributed by atoms with E-state index >= 15 is 0 Å². The molecule has 0 atom stereocenters. The Morgan fingerprint density at radius 2 is 0.515 bits per heavy atom. The third-order valence-electron chi connectivity index (χ3n) is 4.87. The number of hydrogen-bond acceptors (Lipinski definition) is 0. The zero-order valence-corrected chi connectivity index (χ0v) is 21.5. The van der Waals surface area contributed by atoms with Crippen molar-refractivity contribution < 1.29 is 0 Å². The van der Waals surface area contributed by atoms with Crippen LogP contribution in [0, 0.1) is 0 Å². The first kappa shape index (κ1) is 27.9. The average molecular weight is 439 g/mol. The molecule has 0 unspecified atom stereocenters. The van der Waals surface area contributed by atoms with E-state index in [1.54, 1.807) is 0 Å².